The molecule has 3 rings (SSSR count). The van der Waals surface area contributed by atoms with Crippen molar-refractivity contribution in [2.24, 2.45) is 15.4 Å². The van der Waals surface area contributed by atoms with E-state index in [4.69, 9.17) is 21.3 Å². The van der Waals surface area contributed by atoms with E-state index >= 15 is 0 Å². The van der Waals surface area contributed by atoms with Gasteiger partial charge in [0.25, 0.3) is 0 Å². The average Bonchev–Trinajstić information content (AvgIpc) is 2.96. The highest BCUT2D eigenvalue weighted by Gasteiger charge is 2.19. The number of azo groups is 1. The summed E-state index contributed by atoms with van der Waals surface area (Å²) in [6, 6.07) is 5.44. The Kier molecular flexibility index (Phi) is 4.94. The lowest BCUT2D eigenvalue weighted by molar-refractivity contribution is 0.0526. The Morgan fingerprint density at radius 2 is 1.89 bits per heavy atom. The zero-order valence-corrected chi connectivity index (χ0v) is 15.4. The van der Waals surface area contributed by atoms with Gasteiger partial charge in [-0.15, -0.1) is 10.2 Å². The van der Waals surface area contributed by atoms with Crippen LogP contribution in [0.4, 0.5) is 23.0 Å². The lowest BCUT2D eigenvalue weighted by atomic mass is 10.3. The number of hydrogen-bond donors (Lipinski definition) is 3. The van der Waals surface area contributed by atoms with Crippen LogP contribution in [0.5, 0.6) is 0 Å². The third-order valence-corrected chi connectivity index (χ3v) is 4.54. The molecule has 0 aliphatic heterocycles. The first kappa shape index (κ1) is 19.2. The van der Waals surface area contributed by atoms with Gasteiger partial charge >= 0.3 is 5.97 Å². The number of esters is 1. The standard InChI is InChI=1S/C15H16N8O4S/c1-2-27-15(24)10-7-19-14-11(12(16)22-23(14)13(10)17)21-20-8-3-5-9(6-4-8)28(18,25)26/h3-7H,2,17H2,1H3,(H2,16,22)(H2,18,25,26). The highest BCUT2D eigenvalue weighted by molar-refractivity contribution is 7.89. The molecule has 0 aliphatic rings. The van der Waals surface area contributed by atoms with Crippen LogP contribution in [-0.4, -0.2) is 35.6 Å². The first-order valence-electron chi connectivity index (χ1n) is 7.86. The van der Waals surface area contributed by atoms with Crippen molar-refractivity contribution >= 4 is 44.7 Å². The summed E-state index contributed by atoms with van der Waals surface area (Å²) in [7, 11) is -3.80. The molecule has 0 aliphatic carbocycles. The Labute approximate surface area is 159 Å². The van der Waals surface area contributed by atoms with Gasteiger partial charge in [0, 0.05) is 6.20 Å². The number of primary sulfonamides is 1. The number of rotatable bonds is 5. The highest BCUT2D eigenvalue weighted by Crippen LogP contribution is 2.30. The van der Waals surface area contributed by atoms with Gasteiger partial charge in [0.05, 0.1) is 17.2 Å². The molecule has 2 heterocycles. The number of carbonyl (C=O) groups is 1. The first-order chi connectivity index (χ1) is 13.2. The number of hydrogen-bond acceptors (Lipinski definition) is 10. The second-order valence-corrected chi connectivity index (χ2v) is 7.05. The molecule has 28 heavy (non-hydrogen) atoms. The molecule has 0 bridgehead atoms. The van der Waals surface area contributed by atoms with E-state index in [1.165, 1.54) is 35.0 Å². The van der Waals surface area contributed by atoms with E-state index in [1.54, 1.807) is 6.92 Å². The van der Waals surface area contributed by atoms with Crippen LogP contribution in [0.15, 0.2) is 45.6 Å². The van der Waals surface area contributed by atoms with Gasteiger partial charge in [0.2, 0.25) is 10.0 Å². The lowest BCUT2D eigenvalue weighted by Gasteiger charge is -2.05. The molecule has 13 heteroatoms. The fraction of sp³-hybridized carbons (Fsp3) is 0.133. The fourth-order valence-corrected chi connectivity index (χ4v) is 2.79. The molecule has 0 unspecified atom stereocenters. The number of aromatic nitrogens is 3. The van der Waals surface area contributed by atoms with Crippen LogP contribution < -0.4 is 16.6 Å². The van der Waals surface area contributed by atoms with Crippen LogP contribution in [-0.2, 0) is 14.8 Å². The molecule has 6 N–H and O–H groups in total. The zero-order chi connectivity index (χ0) is 20.5. The summed E-state index contributed by atoms with van der Waals surface area (Å²) in [6.45, 7) is 1.85. The van der Waals surface area contributed by atoms with Gasteiger partial charge in [-0.2, -0.15) is 9.63 Å². The molecule has 0 fully saturated rings. The molecule has 0 radical (unpaired) electrons. The molecular formula is C15H16N8O4S. The third kappa shape index (κ3) is 3.60. The minimum atomic E-state index is -3.80. The number of fused-ring (bicyclic) bond motifs is 1. The van der Waals surface area contributed by atoms with Crippen LogP contribution in [0, 0.1) is 0 Å². The summed E-state index contributed by atoms with van der Waals surface area (Å²) in [5.41, 5.74) is 12.5. The highest BCUT2D eigenvalue weighted by atomic mass is 32.2. The molecule has 2 aromatic heterocycles. The number of carbonyl (C=O) groups excluding carboxylic acids is 1. The van der Waals surface area contributed by atoms with Crippen molar-refractivity contribution in [1.29, 1.82) is 0 Å². The van der Waals surface area contributed by atoms with E-state index < -0.39 is 16.0 Å². The lowest BCUT2D eigenvalue weighted by Crippen LogP contribution is -2.12. The summed E-state index contributed by atoms with van der Waals surface area (Å²) in [6.07, 6.45) is 1.24. The SMILES string of the molecule is CCOC(=O)c1cnc2c(N=Nc3ccc(S(N)(=O)=O)cc3)c(N)nn2c1N. The smallest absolute Gasteiger partial charge is 0.343 e. The van der Waals surface area contributed by atoms with E-state index in [-0.39, 0.29) is 40.0 Å². The predicted molar refractivity (Wildman–Crippen MR) is 99.8 cm³/mol. The van der Waals surface area contributed by atoms with Crippen molar-refractivity contribution in [3.8, 4) is 0 Å². The van der Waals surface area contributed by atoms with Crippen LogP contribution in [0.2, 0.25) is 0 Å². The molecule has 0 saturated heterocycles. The summed E-state index contributed by atoms with van der Waals surface area (Å²) < 4.78 is 28.6. The molecular weight excluding hydrogens is 388 g/mol. The van der Waals surface area contributed by atoms with Crippen molar-refractivity contribution in [2.45, 2.75) is 11.8 Å². The fourth-order valence-electron chi connectivity index (χ4n) is 2.28. The van der Waals surface area contributed by atoms with Crippen LogP contribution in [0.1, 0.15) is 17.3 Å². The van der Waals surface area contributed by atoms with Crippen molar-refractivity contribution in [1.82, 2.24) is 14.6 Å². The number of benzene rings is 1. The average molecular weight is 404 g/mol. The topological polar surface area (TPSA) is 193 Å². The number of nitrogens with zero attached hydrogens (tertiary/aromatic N) is 5. The Morgan fingerprint density at radius 1 is 1.21 bits per heavy atom. The number of sulfonamides is 1. The van der Waals surface area contributed by atoms with Crippen LogP contribution >= 0.6 is 0 Å². The number of ether oxygens (including phenoxy) is 1. The Balaban J connectivity index is 1.97. The molecule has 0 saturated carbocycles. The van der Waals surface area contributed by atoms with Gasteiger partial charge in [-0.05, 0) is 31.2 Å². The van der Waals surface area contributed by atoms with Gasteiger partial charge in [-0.3, -0.25) is 0 Å². The number of anilines is 2. The van der Waals surface area contributed by atoms with Gasteiger partial charge < -0.3 is 16.2 Å². The first-order valence-corrected chi connectivity index (χ1v) is 9.41. The van der Waals surface area contributed by atoms with E-state index in [0.29, 0.717) is 5.69 Å². The maximum Gasteiger partial charge on any atom is 0.343 e. The van der Waals surface area contributed by atoms with Gasteiger partial charge in [0.1, 0.15) is 11.4 Å². The number of nitrogens with two attached hydrogens (primary N) is 3. The minimum Gasteiger partial charge on any atom is -0.462 e. The Bertz CT molecular complexity index is 1180. The maximum atomic E-state index is 11.9. The quantitative estimate of drug-likeness (QED) is 0.416. The molecule has 146 valence electrons. The monoisotopic (exact) mass is 404 g/mol. The molecule has 0 spiro atoms. The second-order valence-electron chi connectivity index (χ2n) is 5.49. The normalized spacial score (nSPS) is 11.9. The maximum absolute atomic E-state index is 11.9. The summed E-state index contributed by atoms with van der Waals surface area (Å²) >= 11 is 0. The van der Waals surface area contributed by atoms with Crippen molar-refractivity contribution in [3.05, 3.63) is 36.0 Å². The van der Waals surface area contributed by atoms with Crippen molar-refractivity contribution in [2.75, 3.05) is 18.1 Å². The predicted octanol–water partition coefficient (Wildman–Crippen LogP) is 1.13. The van der Waals surface area contributed by atoms with E-state index in [9.17, 15) is 13.2 Å². The third-order valence-electron chi connectivity index (χ3n) is 3.61. The molecule has 0 amide bonds. The van der Waals surface area contributed by atoms with Gasteiger partial charge in [0.15, 0.2) is 17.2 Å². The molecule has 1 aromatic carbocycles. The largest absolute Gasteiger partial charge is 0.462 e. The van der Waals surface area contributed by atoms with Crippen molar-refractivity contribution in [3.63, 3.8) is 0 Å². The summed E-state index contributed by atoms with van der Waals surface area (Å²) in [5.74, 6) is -0.652. The molecule has 3 aromatic rings. The second kappa shape index (κ2) is 7.21. The zero-order valence-electron chi connectivity index (χ0n) is 14.6. The van der Waals surface area contributed by atoms with E-state index in [2.05, 4.69) is 20.3 Å². The minimum absolute atomic E-state index is 0.00546. The molecule has 0 atom stereocenters. The Hall–Kier alpha value is -3.58. The summed E-state index contributed by atoms with van der Waals surface area (Å²) in [4.78, 5) is 16.0. The van der Waals surface area contributed by atoms with E-state index in [1.807, 2.05) is 0 Å². The van der Waals surface area contributed by atoms with Gasteiger partial charge in [-0.25, -0.2) is 23.3 Å². The Morgan fingerprint density at radius 3 is 2.50 bits per heavy atom. The van der Waals surface area contributed by atoms with Gasteiger partial charge in [-0.1, -0.05) is 0 Å². The molecule has 12 nitrogen and oxygen atoms in total. The van der Waals surface area contributed by atoms with Crippen LogP contribution in [0.3, 0.4) is 0 Å². The van der Waals surface area contributed by atoms with Crippen LogP contribution in [0.25, 0.3) is 5.65 Å². The van der Waals surface area contributed by atoms with Crippen molar-refractivity contribution < 1.29 is 17.9 Å². The summed E-state index contributed by atoms with van der Waals surface area (Å²) in [5, 5.41) is 17.1. The van der Waals surface area contributed by atoms with E-state index in [0.717, 1.165) is 0 Å². The number of nitrogen functional groups attached to an aromatic ring is 2.